The maximum atomic E-state index is 11.3. The lowest BCUT2D eigenvalue weighted by molar-refractivity contribution is -0.507. The fourth-order valence-electron chi connectivity index (χ4n) is 4.86. The van der Waals surface area contributed by atoms with Crippen LogP contribution in [0.5, 0.6) is 0 Å². The molecule has 0 radical (unpaired) electrons. The van der Waals surface area contributed by atoms with Crippen molar-refractivity contribution in [1.29, 1.82) is 0 Å². The van der Waals surface area contributed by atoms with Crippen molar-refractivity contribution in [1.82, 2.24) is 0 Å². The topological polar surface area (TPSA) is 69.4 Å². The molecule has 0 aromatic carbocycles. The summed E-state index contributed by atoms with van der Waals surface area (Å²) in [5.41, 5.74) is 1.66. The zero-order valence-corrected chi connectivity index (χ0v) is 13.6. The second-order valence-corrected chi connectivity index (χ2v) is 7.49. The number of esters is 1. The second kappa shape index (κ2) is 5.11. The van der Waals surface area contributed by atoms with E-state index in [-0.39, 0.29) is 28.8 Å². The smallest absolute Gasteiger partial charge is 0.303 e. The second-order valence-electron chi connectivity index (χ2n) is 7.49. The van der Waals surface area contributed by atoms with E-state index < -0.39 is 5.60 Å². The number of nitrogens with zero attached hydrogens (tertiary/aromatic N) is 1. The van der Waals surface area contributed by atoms with Crippen molar-refractivity contribution < 1.29 is 14.5 Å². The molecular weight excluding hydrogens is 270 g/mol. The molecule has 0 spiro atoms. The fourth-order valence-corrected chi connectivity index (χ4v) is 4.86. The van der Waals surface area contributed by atoms with E-state index in [4.69, 9.17) is 4.74 Å². The number of rotatable bonds is 5. The van der Waals surface area contributed by atoms with Gasteiger partial charge < -0.3 is 4.74 Å². The van der Waals surface area contributed by atoms with Crippen LogP contribution in [0, 0.1) is 27.4 Å². The van der Waals surface area contributed by atoms with E-state index in [1.54, 1.807) is 0 Å². The Balaban J connectivity index is 2.24. The molecule has 0 aliphatic heterocycles. The number of ether oxygens (including phenoxy) is 1. The summed E-state index contributed by atoms with van der Waals surface area (Å²) in [6.07, 6.45) is 2.47. The van der Waals surface area contributed by atoms with E-state index in [9.17, 15) is 14.9 Å². The third-order valence-electron chi connectivity index (χ3n) is 5.15. The normalized spacial score (nSPS) is 31.7. The van der Waals surface area contributed by atoms with Crippen LogP contribution < -0.4 is 0 Å². The standard InChI is InChI=1S/C16H25NO4/c1-10-6-13-7-16(9-17(19)20,14(13)11(10)2)8-15(4,5)21-12(3)18/h13-14H,6-9H2,1-5H3/t13-,14-,16-/m1/s1. The molecule has 5 nitrogen and oxygen atoms in total. The predicted molar refractivity (Wildman–Crippen MR) is 79.3 cm³/mol. The van der Waals surface area contributed by atoms with Gasteiger partial charge in [0.25, 0.3) is 0 Å². The van der Waals surface area contributed by atoms with Gasteiger partial charge >= 0.3 is 5.97 Å². The van der Waals surface area contributed by atoms with E-state index in [1.807, 2.05) is 13.8 Å². The minimum atomic E-state index is -0.663. The fraction of sp³-hybridized carbons (Fsp3) is 0.812. The molecule has 118 valence electrons. The Hall–Kier alpha value is -1.39. The first kappa shape index (κ1) is 16.0. The lowest BCUT2D eigenvalue weighted by atomic mass is 9.50. The van der Waals surface area contributed by atoms with Crippen molar-refractivity contribution in [3.05, 3.63) is 21.3 Å². The SMILES string of the molecule is CC(=O)OC(C)(C)C[C@@]1(C[N+](=O)[O-])C[C@H]2CC(C)=C(C)[C@H]21. The largest absolute Gasteiger partial charge is 0.460 e. The average Bonchev–Trinajstić information content (AvgIpc) is 2.45. The summed E-state index contributed by atoms with van der Waals surface area (Å²) in [6.45, 7) is 9.28. The quantitative estimate of drug-likeness (QED) is 0.337. The van der Waals surface area contributed by atoms with Crippen molar-refractivity contribution in [2.24, 2.45) is 17.3 Å². The van der Waals surface area contributed by atoms with Crippen molar-refractivity contribution in [2.75, 3.05) is 6.54 Å². The maximum absolute atomic E-state index is 11.3. The molecule has 0 aromatic rings. The predicted octanol–water partition coefficient (Wildman–Crippen LogP) is 3.36. The Morgan fingerprint density at radius 1 is 1.48 bits per heavy atom. The summed E-state index contributed by atoms with van der Waals surface area (Å²) in [6, 6.07) is 0. The molecule has 1 saturated carbocycles. The number of hydrogen-bond donors (Lipinski definition) is 0. The molecule has 3 atom stereocenters. The molecule has 2 aliphatic rings. The van der Waals surface area contributed by atoms with Crippen LogP contribution in [-0.4, -0.2) is 23.0 Å². The Labute approximate surface area is 125 Å². The first-order valence-corrected chi connectivity index (χ1v) is 7.54. The Morgan fingerprint density at radius 3 is 2.57 bits per heavy atom. The highest BCUT2D eigenvalue weighted by molar-refractivity contribution is 5.66. The molecular formula is C16H25NO4. The number of allylic oxidation sites excluding steroid dienone is 2. The Bertz CT molecular complexity index is 508. The van der Waals surface area contributed by atoms with Crippen LogP contribution in [0.25, 0.3) is 0 Å². The summed E-state index contributed by atoms with van der Waals surface area (Å²) in [5, 5.41) is 11.2. The van der Waals surface area contributed by atoms with Crippen molar-refractivity contribution in [3.63, 3.8) is 0 Å². The van der Waals surface area contributed by atoms with Crippen LogP contribution in [0.15, 0.2) is 11.1 Å². The lowest BCUT2D eigenvalue weighted by Gasteiger charge is -2.53. The lowest BCUT2D eigenvalue weighted by Crippen LogP contribution is -2.54. The zero-order chi connectivity index (χ0) is 16.0. The van der Waals surface area contributed by atoms with Gasteiger partial charge in [-0.2, -0.15) is 0 Å². The monoisotopic (exact) mass is 295 g/mol. The Kier molecular flexibility index (Phi) is 3.89. The highest BCUT2D eigenvalue weighted by Gasteiger charge is 2.61. The van der Waals surface area contributed by atoms with Gasteiger partial charge in [-0.3, -0.25) is 14.9 Å². The molecule has 0 bridgehead atoms. The van der Waals surface area contributed by atoms with Crippen LogP contribution in [0.2, 0.25) is 0 Å². The average molecular weight is 295 g/mol. The third-order valence-corrected chi connectivity index (χ3v) is 5.15. The molecule has 0 N–H and O–H groups in total. The van der Waals surface area contributed by atoms with Gasteiger partial charge in [0.15, 0.2) is 0 Å². The van der Waals surface area contributed by atoms with Crippen molar-refractivity contribution in [2.45, 2.75) is 59.5 Å². The van der Waals surface area contributed by atoms with Gasteiger partial charge in [-0.25, -0.2) is 0 Å². The minimum absolute atomic E-state index is 0.0382. The summed E-state index contributed by atoms with van der Waals surface area (Å²) < 4.78 is 5.38. The molecule has 2 aliphatic carbocycles. The van der Waals surface area contributed by atoms with Crippen molar-refractivity contribution in [3.8, 4) is 0 Å². The van der Waals surface area contributed by atoms with Crippen LogP contribution in [-0.2, 0) is 9.53 Å². The van der Waals surface area contributed by atoms with E-state index in [2.05, 4.69) is 13.8 Å². The molecule has 0 unspecified atom stereocenters. The maximum Gasteiger partial charge on any atom is 0.303 e. The third kappa shape index (κ3) is 2.97. The van der Waals surface area contributed by atoms with Gasteiger partial charge in [0.05, 0.1) is 0 Å². The van der Waals surface area contributed by atoms with E-state index in [0.29, 0.717) is 12.3 Å². The van der Waals surface area contributed by atoms with Crippen LogP contribution in [0.3, 0.4) is 0 Å². The first-order chi connectivity index (χ1) is 9.56. The van der Waals surface area contributed by atoms with Crippen LogP contribution in [0.1, 0.15) is 53.9 Å². The molecule has 0 heterocycles. The summed E-state index contributed by atoms with van der Waals surface area (Å²) in [4.78, 5) is 22.2. The van der Waals surface area contributed by atoms with Crippen molar-refractivity contribution >= 4 is 5.97 Å². The summed E-state index contributed by atoms with van der Waals surface area (Å²) in [5.74, 6) is 0.484. The van der Waals surface area contributed by atoms with Gasteiger partial charge in [0.2, 0.25) is 6.54 Å². The van der Waals surface area contributed by atoms with Gasteiger partial charge in [-0.05, 0) is 58.8 Å². The highest BCUT2D eigenvalue weighted by atomic mass is 16.6. The number of carbonyl (C=O) groups is 1. The van der Waals surface area contributed by atoms with Gasteiger partial charge in [-0.1, -0.05) is 11.1 Å². The van der Waals surface area contributed by atoms with Crippen LogP contribution >= 0.6 is 0 Å². The number of nitro groups is 1. The van der Waals surface area contributed by atoms with E-state index in [1.165, 1.54) is 18.1 Å². The molecule has 2 rings (SSSR count). The molecule has 0 aromatic heterocycles. The van der Waals surface area contributed by atoms with Gasteiger partial charge in [-0.15, -0.1) is 0 Å². The Morgan fingerprint density at radius 2 is 2.10 bits per heavy atom. The molecule has 0 saturated heterocycles. The number of hydrogen-bond acceptors (Lipinski definition) is 4. The molecule has 0 amide bonds. The van der Waals surface area contributed by atoms with Gasteiger partial charge in [0, 0.05) is 17.3 Å². The highest BCUT2D eigenvalue weighted by Crippen LogP contribution is 2.63. The number of carbonyl (C=O) groups excluding carboxylic acids is 1. The minimum Gasteiger partial charge on any atom is -0.460 e. The first-order valence-electron chi connectivity index (χ1n) is 7.54. The molecule has 1 fully saturated rings. The summed E-state index contributed by atoms with van der Waals surface area (Å²) in [7, 11) is 0. The van der Waals surface area contributed by atoms with E-state index >= 15 is 0 Å². The molecule has 21 heavy (non-hydrogen) atoms. The molecule has 5 heteroatoms. The van der Waals surface area contributed by atoms with E-state index in [0.717, 1.165) is 12.8 Å². The zero-order valence-electron chi connectivity index (χ0n) is 13.6. The van der Waals surface area contributed by atoms with Gasteiger partial charge in [0.1, 0.15) is 5.60 Å². The number of fused-ring (bicyclic) bond motifs is 1. The summed E-state index contributed by atoms with van der Waals surface area (Å²) >= 11 is 0. The van der Waals surface area contributed by atoms with Crippen LogP contribution in [0.4, 0.5) is 0 Å².